The Morgan fingerprint density at radius 1 is 1.20 bits per heavy atom. The van der Waals surface area contributed by atoms with Gasteiger partial charge in [-0.15, -0.1) is 11.3 Å². The number of fused-ring (bicyclic) bond motifs is 1. The molecule has 0 aliphatic carbocycles. The van der Waals surface area contributed by atoms with E-state index < -0.39 is 6.04 Å². The van der Waals surface area contributed by atoms with Gasteiger partial charge in [-0.25, -0.2) is 14.1 Å². The van der Waals surface area contributed by atoms with E-state index in [1.54, 1.807) is 18.3 Å². The van der Waals surface area contributed by atoms with Crippen molar-refractivity contribution < 1.29 is 14.0 Å². The number of carbonyl (C=O) groups excluding carboxylic acids is 2. The lowest BCUT2D eigenvalue weighted by molar-refractivity contribution is -0.128. The number of imide groups is 1. The number of benzene rings is 1. The Morgan fingerprint density at radius 2 is 1.96 bits per heavy atom. The number of hydrogen-bond acceptors (Lipinski definition) is 4. The Bertz CT molecular complexity index is 820. The summed E-state index contributed by atoms with van der Waals surface area (Å²) in [6.07, 6.45) is 0.945. The van der Waals surface area contributed by atoms with Crippen LogP contribution in [0.2, 0.25) is 0 Å². The lowest BCUT2D eigenvalue weighted by Gasteiger charge is -2.29. The minimum atomic E-state index is -0.584. The number of carbonyl (C=O) groups is 2. The number of halogens is 1. The van der Waals surface area contributed by atoms with Gasteiger partial charge in [-0.1, -0.05) is 0 Å². The molecule has 2 aromatic rings. The zero-order valence-electron chi connectivity index (χ0n) is 13.8. The number of amides is 3. The molecule has 0 saturated carbocycles. The Hall–Kier alpha value is -2.25. The summed E-state index contributed by atoms with van der Waals surface area (Å²) < 4.78 is 13.1. The molecule has 7 heteroatoms. The van der Waals surface area contributed by atoms with Crippen molar-refractivity contribution in [3.8, 4) is 0 Å². The molecule has 1 fully saturated rings. The molecule has 3 amide bonds. The number of urea groups is 1. The first kappa shape index (κ1) is 16.2. The SMILES string of the molecule is C[C@H]1C(=O)N(CN2CCc3sccc3C2)C(=O)N1c1ccc(F)cc1. The van der Waals surface area contributed by atoms with Crippen molar-refractivity contribution >= 4 is 29.0 Å². The first-order valence-electron chi connectivity index (χ1n) is 8.22. The summed E-state index contributed by atoms with van der Waals surface area (Å²) in [6.45, 7) is 3.57. The van der Waals surface area contributed by atoms with Gasteiger partial charge in [0.2, 0.25) is 0 Å². The topological polar surface area (TPSA) is 43.9 Å². The molecule has 2 aliphatic heterocycles. The van der Waals surface area contributed by atoms with E-state index in [9.17, 15) is 14.0 Å². The molecular formula is C18H18FN3O2S. The molecule has 1 saturated heterocycles. The van der Waals surface area contributed by atoms with Crippen molar-refractivity contribution in [2.45, 2.75) is 25.9 Å². The Balaban J connectivity index is 1.52. The van der Waals surface area contributed by atoms with Crippen LogP contribution in [-0.2, 0) is 17.8 Å². The summed E-state index contributed by atoms with van der Waals surface area (Å²) in [5.74, 6) is -0.587. The lowest BCUT2D eigenvalue weighted by atomic mass is 10.1. The molecule has 1 aromatic carbocycles. The van der Waals surface area contributed by atoms with Gasteiger partial charge in [0.25, 0.3) is 5.91 Å². The fourth-order valence-corrected chi connectivity index (χ4v) is 4.31. The van der Waals surface area contributed by atoms with Crippen LogP contribution in [0, 0.1) is 5.82 Å². The Morgan fingerprint density at radius 3 is 2.72 bits per heavy atom. The highest BCUT2D eigenvalue weighted by atomic mass is 32.1. The molecule has 0 unspecified atom stereocenters. The molecule has 0 radical (unpaired) electrons. The highest BCUT2D eigenvalue weighted by Gasteiger charge is 2.44. The molecule has 25 heavy (non-hydrogen) atoms. The molecule has 1 atom stereocenters. The van der Waals surface area contributed by atoms with E-state index in [0.29, 0.717) is 5.69 Å². The molecule has 4 rings (SSSR count). The normalized spacial score (nSPS) is 21.1. The van der Waals surface area contributed by atoms with E-state index in [1.807, 2.05) is 0 Å². The van der Waals surface area contributed by atoms with Crippen LogP contribution in [0.4, 0.5) is 14.9 Å². The van der Waals surface area contributed by atoms with Crippen LogP contribution in [0.15, 0.2) is 35.7 Å². The number of anilines is 1. The highest BCUT2D eigenvalue weighted by molar-refractivity contribution is 7.10. The highest BCUT2D eigenvalue weighted by Crippen LogP contribution is 2.28. The molecule has 3 heterocycles. The third-order valence-corrected chi connectivity index (χ3v) is 5.80. The molecule has 130 valence electrons. The van der Waals surface area contributed by atoms with Crippen LogP contribution in [-0.4, -0.2) is 41.0 Å². The first-order chi connectivity index (χ1) is 12.0. The van der Waals surface area contributed by atoms with Crippen LogP contribution in [0.1, 0.15) is 17.4 Å². The average Bonchev–Trinajstić information content (AvgIpc) is 3.15. The van der Waals surface area contributed by atoms with Gasteiger partial charge in [0.15, 0.2) is 0 Å². The number of hydrogen-bond donors (Lipinski definition) is 0. The summed E-state index contributed by atoms with van der Waals surface area (Å²) >= 11 is 1.76. The standard InChI is InChI=1S/C18H18FN3O2S/c1-12-17(23)21(11-20-8-6-16-13(10-20)7-9-25-16)18(24)22(12)15-4-2-14(19)3-5-15/h2-5,7,9,12H,6,8,10-11H2,1H3/t12-/m0/s1. The molecule has 5 nitrogen and oxygen atoms in total. The lowest BCUT2D eigenvalue weighted by Crippen LogP contribution is -2.44. The monoisotopic (exact) mass is 359 g/mol. The maximum Gasteiger partial charge on any atom is 0.333 e. The Kier molecular flexibility index (Phi) is 4.05. The van der Waals surface area contributed by atoms with Crippen molar-refractivity contribution in [2.24, 2.45) is 0 Å². The van der Waals surface area contributed by atoms with E-state index in [0.717, 1.165) is 19.5 Å². The van der Waals surface area contributed by atoms with Crippen molar-refractivity contribution in [1.29, 1.82) is 0 Å². The second-order valence-corrected chi connectivity index (χ2v) is 7.38. The molecule has 1 aromatic heterocycles. The Labute approximate surface area is 149 Å². The van der Waals surface area contributed by atoms with Crippen LogP contribution in [0.5, 0.6) is 0 Å². The van der Waals surface area contributed by atoms with Crippen molar-refractivity contribution in [1.82, 2.24) is 9.80 Å². The molecule has 0 bridgehead atoms. The maximum absolute atomic E-state index is 13.1. The summed E-state index contributed by atoms with van der Waals surface area (Å²) in [5.41, 5.74) is 1.81. The van der Waals surface area contributed by atoms with Crippen molar-refractivity contribution in [2.75, 3.05) is 18.1 Å². The molecule has 0 spiro atoms. The van der Waals surface area contributed by atoms with E-state index in [-0.39, 0.29) is 24.4 Å². The van der Waals surface area contributed by atoms with E-state index in [2.05, 4.69) is 16.3 Å². The van der Waals surface area contributed by atoms with Crippen molar-refractivity contribution in [3.63, 3.8) is 0 Å². The van der Waals surface area contributed by atoms with Crippen molar-refractivity contribution in [3.05, 3.63) is 52.0 Å². The minimum Gasteiger partial charge on any atom is -0.282 e. The van der Waals surface area contributed by atoms with Gasteiger partial charge in [0.1, 0.15) is 11.9 Å². The van der Waals surface area contributed by atoms with Gasteiger partial charge < -0.3 is 0 Å². The summed E-state index contributed by atoms with van der Waals surface area (Å²) in [7, 11) is 0. The second kappa shape index (κ2) is 6.24. The quantitative estimate of drug-likeness (QED) is 0.791. The summed E-state index contributed by atoms with van der Waals surface area (Å²) in [5, 5.41) is 2.08. The van der Waals surface area contributed by atoms with Crippen LogP contribution >= 0.6 is 11.3 Å². The fourth-order valence-electron chi connectivity index (χ4n) is 3.42. The predicted molar refractivity (Wildman–Crippen MR) is 93.9 cm³/mol. The average molecular weight is 359 g/mol. The van der Waals surface area contributed by atoms with Crippen LogP contribution in [0.25, 0.3) is 0 Å². The van der Waals surface area contributed by atoms with E-state index in [1.165, 1.54) is 44.5 Å². The third kappa shape index (κ3) is 2.83. The van der Waals surface area contributed by atoms with Gasteiger partial charge >= 0.3 is 6.03 Å². The zero-order chi connectivity index (χ0) is 17.6. The number of nitrogens with zero attached hydrogens (tertiary/aromatic N) is 3. The summed E-state index contributed by atoms with van der Waals surface area (Å²) in [6, 6.07) is 6.82. The second-order valence-electron chi connectivity index (χ2n) is 6.38. The van der Waals surface area contributed by atoms with E-state index >= 15 is 0 Å². The minimum absolute atomic E-state index is 0.217. The van der Waals surface area contributed by atoms with Gasteiger partial charge in [0, 0.05) is 23.7 Å². The number of thiophene rings is 1. The smallest absolute Gasteiger partial charge is 0.282 e. The third-order valence-electron chi connectivity index (χ3n) is 4.78. The predicted octanol–water partition coefficient (Wildman–Crippen LogP) is 3.06. The van der Waals surface area contributed by atoms with Gasteiger partial charge in [0.05, 0.1) is 6.67 Å². The van der Waals surface area contributed by atoms with Gasteiger partial charge in [-0.3, -0.25) is 14.6 Å². The first-order valence-corrected chi connectivity index (χ1v) is 9.10. The zero-order valence-corrected chi connectivity index (χ0v) is 14.6. The molecular weight excluding hydrogens is 341 g/mol. The largest absolute Gasteiger partial charge is 0.333 e. The fraction of sp³-hybridized carbons (Fsp3) is 0.333. The van der Waals surface area contributed by atoms with Gasteiger partial charge in [-0.05, 0) is 54.6 Å². The number of rotatable bonds is 3. The maximum atomic E-state index is 13.1. The molecule has 0 N–H and O–H groups in total. The molecule has 2 aliphatic rings. The van der Waals surface area contributed by atoms with E-state index in [4.69, 9.17) is 0 Å². The van der Waals surface area contributed by atoms with Crippen LogP contribution in [0.3, 0.4) is 0 Å². The summed E-state index contributed by atoms with van der Waals surface area (Å²) in [4.78, 5) is 31.6. The van der Waals surface area contributed by atoms with Gasteiger partial charge in [-0.2, -0.15) is 0 Å². The van der Waals surface area contributed by atoms with Crippen LogP contribution < -0.4 is 4.90 Å².